The van der Waals surface area contributed by atoms with Gasteiger partial charge in [-0.25, -0.2) is 0 Å². The van der Waals surface area contributed by atoms with E-state index >= 15 is 0 Å². The molecule has 15 heavy (non-hydrogen) atoms. The van der Waals surface area contributed by atoms with Crippen LogP contribution in [-0.2, 0) is 4.79 Å². The molecule has 0 spiro atoms. The molecule has 3 nitrogen and oxygen atoms in total. The van der Waals surface area contributed by atoms with Crippen LogP contribution in [0.3, 0.4) is 0 Å². The van der Waals surface area contributed by atoms with Crippen LogP contribution >= 0.6 is 0 Å². The van der Waals surface area contributed by atoms with Crippen molar-refractivity contribution in [2.45, 2.75) is 32.1 Å². The molecule has 0 unspecified atom stereocenters. The van der Waals surface area contributed by atoms with Gasteiger partial charge in [0.05, 0.1) is 0 Å². The number of rotatable bonds is 3. The average molecular weight is 210 g/mol. The van der Waals surface area contributed by atoms with E-state index in [-0.39, 0.29) is 0 Å². The van der Waals surface area contributed by atoms with Gasteiger partial charge in [-0.15, -0.1) is 0 Å². The minimum absolute atomic E-state index is 0.358. The molecule has 0 radical (unpaired) electrons. The summed E-state index contributed by atoms with van der Waals surface area (Å²) in [6, 6.07) is 0. The van der Waals surface area contributed by atoms with Gasteiger partial charge < -0.3 is 10.2 Å². The first kappa shape index (κ1) is 10.9. The minimum atomic E-state index is 0.358. The molecule has 2 aliphatic rings. The Labute approximate surface area is 92.2 Å². The van der Waals surface area contributed by atoms with Crippen molar-refractivity contribution in [2.24, 2.45) is 11.8 Å². The molecule has 1 saturated heterocycles. The molecular formula is C12H22N2O. The fourth-order valence-electron chi connectivity index (χ4n) is 2.51. The zero-order valence-electron chi connectivity index (χ0n) is 9.67. The number of piperidine rings is 1. The molecule has 1 aliphatic carbocycles. The van der Waals surface area contributed by atoms with Crippen LogP contribution in [0.1, 0.15) is 32.1 Å². The largest absolute Gasteiger partial charge is 0.345 e. The summed E-state index contributed by atoms with van der Waals surface area (Å²) in [5.41, 5.74) is 0. The zero-order chi connectivity index (χ0) is 10.7. The first-order chi connectivity index (χ1) is 7.27. The molecule has 0 atom stereocenters. The van der Waals surface area contributed by atoms with Crippen molar-refractivity contribution < 1.29 is 4.79 Å². The van der Waals surface area contributed by atoms with Crippen LogP contribution in [0.15, 0.2) is 0 Å². The van der Waals surface area contributed by atoms with Crippen LogP contribution in [0.4, 0.5) is 0 Å². The normalized spacial score (nSPS) is 23.5. The monoisotopic (exact) mass is 210 g/mol. The van der Waals surface area contributed by atoms with E-state index in [1.807, 2.05) is 11.9 Å². The van der Waals surface area contributed by atoms with Crippen molar-refractivity contribution in [3.63, 3.8) is 0 Å². The molecule has 86 valence electrons. The maximum absolute atomic E-state index is 11.9. The van der Waals surface area contributed by atoms with Crippen LogP contribution in [0.5, 0.6) is 0 Å². The second kappa shape index (κ2) is 4.97. The SMILES string of the molecule is CN(CC1CCNCC1)C(=O)C1CCC1. The summed E-state index contributed by atoms with van der Waals surface area (Å²) in [4.78, 5) is 13.9. The van der Waals surface area contributed by atoms with Crippen molar-refractivity contribution in [1.29, 1.82) is 0 Å². The Balaban J connectivity index is 1.74. The summed E-state index contributed by atoms with van der Waals surface area (Å²) >= 11 is 0. The molecule has 1 heterocycles. The highest BCUT2D eigenvalue weighted by Gasteiger charge is 2.28. The van der Waals surface area contributed by atoms with Crippen molar-refractivity contribution in [1.82, 2.24) is 10.2 Å². The summed E-state index contributed by atoms with van der Waals surface area (Å²) in [6.45, 7) is 3.21. The highest BCUT2D eigenvalue weighted by atomic mass is 16.2. The topological polar surface area (TPSA) is 32.3 Å². The van der Waals surface area contributed by atoms with Crippen LogP contribution < -0.4 is 5.32 Å². The minimum Gasteiger partial charge on any atom is -0.345 e. The smallest absolute Gasteiger partial charge is 0.225 e. The molecule has 0 aromatic carbocycles. The van der Waals surface area contributed by atoms with E-state index in [1.54, 1.807) is 0 Å². The third-order valence-electron chi connectivity index (χ3n) is 3.82. The predicted molar refractivity (Wildman–Crippen MR) is 60.6 cm³/mol. The van der Waals surface area contributed by atoms with E-state index in [1.165, 1.54) is 19.3 Å². The van der Waals surface area contributed by atoms with Crippen LogP contribution in [0, 0.1) is 11.8 Å². The Bertz CT molecular complexity index is 220. The highest BCUT2D eigenvalue weighted by Crippen LogP contribution is 2.28. The third-order valence-corrected chi connectivity index (χ3v) is 3.82. The fraction of sp³-hybridized carbons (Fsp3) is 0.917. The fourth-order valence-corrected chi connectivity index (χ4v) is 2.51. The number of hydrogen-bond donors (Lipinski definition) is 1. The number of hydrogen-bond acceptors (Lipinski definition) is 2. The quantitative estimate of drug-likeness (QED) is 0.760. The van der Waals surface area contributed by atoms with E-state index in [4.69, 9.17) is 0 Å². The highest BCUT2D eigenvalue weighted by molar-refractivity contribution is 5.79. The Morgan fingerprint density at radius 1 is 1.27 bits per heavy atom. The molecule has 0 aromatic heterocycles. The second-order valence-corrected chi connectivity index (χ2v) is 5.04. The molecule has 1 N–H and O–H groups in total. The van der Waals surface area contributed by atoms with Crippen LogP contribution in [0.25, 0.3) is 0 Å². The standard InChI is InChI=1S/C12H22N2O/c1-14(12(15)11-3-2-4-11)9-10-5-7-13-8-6-10/h10-11,13H,2-9H2,1H3. The van der Waals surface area contributed by atoms with E-state index in [0.717, 1.165) is 38.4 Å². The van der Waals surface area contributed by atoms with Crippen molar-refractivity contribution in [3.8, 4) is 0 Å². The average Bonchev–Trinajstić information content (AvgIpc) is 2.16. The number of carbonyl (C=O) groups excluding carboxylic acids is 1. The van der Waals surface area contributed by atoms with Crippen molar-refractivity contribution in [2.75, 3.05) is 26.7 Å². The van der Waals surface area contributed by atoms with Crippen LogP contribution in [0.2, 0.25) is 0 Å². The lowest BCUT2D eigenvalue weighted by molar-refractivity contribution is -0.137. The molecule has 3 heteroatoms. The third kappa shape index (κ3) is 2.71. The summed E-state index contributed by atoms with van der Waals surface area (Å²) in [7, 11) is 1.97. The van der Waals surface area contributed by atoms with Gasteiger partial charge in [0.1, 0.15) is 0 Å². The molecule has 2 rings (SSSR count). The van der Waals surface area contributed by atoms with Crippen LogP contribution in [-0.4, -0.2) is 37.5 Å². The lowest BCUT2D eigenvalue weighted by Gasteiger charge is -2.32. The van der Waals surface area contributed by atoms with Gasteiger partial charge in [0, 0.05) is 19.5 Å². The summed E-state index contributed by atoms with van der Waals surface area (Å²) < 4.78 is 0. The predicted octanol–water partition coefficient (Wildman–Crippen LogP) is 1.24. The van der Waals surface area contributed by atoms with E-state index in [0.29, 0.717) is 11.8 Å². The number of nitrogens with one attached hydrogen (secondary N) is 1. The summed E-state index contributed by atoms with van der Waals surface area (Å²) in [5.74, 6) is 1.47. The Kier molecular flexibility index (Phi) is 3.62. The van der Waals surface area contributed by atoms with Gasteiger partial charge in [-0.2, -0.15) is 0 Å². The van der Waals surface area contributed by atoms with Gasteiger partial charge in [0.2, 0.25) is 5.91 Å². The molecule has 1 aliphatic heterocycles. The van der Waals surface area contributed by atoms with E-state index in [9.17, 15) is 4.79 Å². The maximum atomic E-state index is 11.9. The van der Waals surface area contributed by atoms with Crippen molar-refractivity contribution >= 4 is 5.91 Å². The molecular weight excluding hydrogens is 188 g/mol. The van der Waals surface area contributed by atoms with E-state index < -0.39 is 0 Å². The lowest BCUT2D eigenvalue weighted by Crippen LogP contribution is -2.41. The zero-order valence-corrected chi connectivity index (χ0v) is 9.67. The Hall–Kier alpha value is -0.570. The molecule has 1 saturated carbocycles. The first-order valence-corrected chi connectivity index (χ1v) is 6.23. The molecule has 0 bridgehead atoms. The Morgan fingerprint density at radius 2 is 1.93 bits per heavy atom. The van der Waals surface area contributed by atoms with Gasteiger partial charge in [0.25, 0.3) is 0 Å². The van der Waals surface area contributed by atoms with Gasteiger partial charge in [-0.05, 0) is 44.7 Å². The molecule has 0 aromatic rings. The van der Waals surface area contributed by atoms with Gasteiger partial charge in [-0.3, -0.25) is 4.79 Å². The number of amides is 1. The molecule has 1 amide bonds. The van der Waals surface area contributed by atoms with Gasteiger partial charge >= 0.3 is 0 Å². The van der Waals surface area contributed by atoms with Crippen molar-refractivity contribution in [3.05, 3.63) is 0 Å². The first-order valence-electron chi connectivity index (χ1n) is 6.23. The summed E-state index contributed by atoms with van der Waals surface area (Å²) in [5, 5.41) is 3.36. The van der Waals surface area contributed by atoms with Gasteiger partial charge in [-0.1, -0.05) is 6.42 Å². The number of carbonyl (C=O) groups is 1. The second-order valence-electron chi connectivity index (χ2n) is 5.04. The maximum Gasteiger partial charge on any atom is 0.225 e. The number of nitrogens with zero attached hydrogens (tertiary/aromatic N) is 1. The molecule has 2 fully saturated rings. The van der Waals surface area contributed by atoms with E-state index in [2.05, 4.69) is 5.32 Å². The Morgan fingerprint density at radius 3 is 2.47 bits per heavy atom. The van der Waals surface area contributed by atoms with Gasteiger partial charge in [0.15, 0.2) is 0 Å². The lowest BCUT2D eigenvalue weighted by atomic mass is 9.84. The summed E-state index contributed by atoms with van der Waals surface area (Å²) in [6.07, 6.45) is 5.94.